The van der Waals surface area contributed by atoms with Gasteiger partial charge < -0.3 is 14.2 Å². The van der Waals surface area contributed by atoms with Crippen LogP contribution >= 0.6 is 0 Å². The Balaban J connectivity index is 1.21. The Bertz CT molecular complexity index is 1490. The van der Waals surface area contributed by atoms with Gasteiger partial charge in [-0.2, -0.15) is 8.42 Å². The van der Waals surface area contributed by atoms with Crippen molar-refractivity contribution in [3.05, 3.63) is 82.8 Å². The van der Waals surface area contributed by atoms with Gasteiger partial charge in [0.2, 0.25) is 0 Å². The second-order valence-corrected chi connectivity index (χ2v) is 9.23. The van der Waals surface area contributed by atoms with Gasteiger partial charge in [-0.1, -0.05) is 36.4 Å². The third-order valence-electron chi connectivity index (χ3n) is 5.88. The molecule has 1 aromatic heterocycles. The number of H-pyrrole nitrogens is 1. The van der Waals surface area contributed by atoms with Crippen LogP contribution in [0.2, 0.25) is 0 Å². The summed E-state index contributed by atoms with van der Waals surface area (Å²) in [5, 5.41) is 0. The third-order valence-corrected chi connectivity index (χ3v) is 6.12. The van der Waals surface area contributed by atoms with Crippen molar-refractivity contribution < 1.29 is 26.6 Å². The van der Waals surface area contributed by atoms with Gasteiger partial charge in [0.25, 0.3) is 0 Å². The quantitative estimate of drug-likeness (QED) is 0.225. The molecule has 35 heavy (non-hydrogen) atoms. The molecule has 1 aliphatic heterocycles. The third kappa shape index (κ3) is 5.54. The maximum absolute atomic E-state index is 11.6. The van der Waals surface area contributed by atoms with Crippen LogP contribution in [0.25, 0.3) is 22.2 Å². The molecular formula is C24H23N3O7S. The number of rotatable bonds is 7. The molecule has 1 saturated heterocycles. The molecule has 10 nitrogen and oxygen atoms in total. The summed E-state index contributed by atoms with van der Waals surface area (Å²) in [4.78, 5) is 23.5. The van der Waals surface area contributed by atoms with Crippen LogP contribution in [0.3, 0.4) is 0 Å². The highest BCUT2D eigenvalue weighted by atomic mass is 32.3. The van der Waals surface area contributed by atoms with Crippen LogP contribution in [0.4, 0.5) is 5.69 Å². The van der Waals surface area contributed by atoms with E-state index in [1.807, 2.05) is 30.3 Å². The zero-order valence-electron chi connectivity index (χ0n) is 18.6. The minimum Gasteiger partial charge on any atom is -0.406 e. The van der Waals surface area contributed by atoms with Crippen LogP contribution < -0.4 is 15.5 Å². The van der Waals surface area contributed by atoms with Gasteiger partial charge in [-0.3, -0.25) is 14.4 Å². The summed E-state index contributed by atoms with van der Waals surface area (Å²) in [7, 11) is -4.68. The van der Waals surface area contributed by atoms with Crippen molar-refractivity contribution in [3.8, 4) is 16.9 Å². The van der Waals surface area contributed by atoms with Crippen molar-refractivity contribution in [2.45, 2.75) is 6.54 Å². The van der Waals surface area contributed by atoms with Gasteiger partial charge in [0, 0.05) is 32.7 Å². The number of anilines is 1. The Morgan fingerprint density at radius 3 is 2.43 bits per heavy atom. The number of oxazole rings is 1. The number of aromatic nitrogens is 1. The van der Waals surface area contributed by atoms with E-state index in [4.69, 9.17) is 8.97 Å². The Morgan fingerprint density at radius 1 is 0.943 bits per heavy atom. The lowest BCUT2D eigenvalue weighted by Crippen LogP contribution is -2.46. The Labute approximate surface area is 201 Å². The van der Waals surface area contributed by atoms with E-state index in [1.54, 1.807) is 24.3 Å². The van der Waals surface area contributed by atoms with Gasteiger partial charge in [0.15, 0.2) is 11.3 Å². The van der Waals surface area contributed by atoms with Crippen LogP contribution in [0.5, 0.6) is 5.75 Å². The van der Waals surface area contributed by atoms with Crippen molar-refractivity contribution in [1.82, 2.24) is 9.88 Å². The van der Waals surface area contributed by atoms with E-state index in [-0.39, 0.29) is 5.75 Å². The Morgan fingerprint density at radius 2 is 1.69 bits per heavy atom. The molecule has 1 fully saturated rings. The average molecular weight is 498 g/mol. The smallest absolute Gasteiger partial charge is 0.406 e. The summed E-state index contributed by atoms with van der Waals surface area (Å²) < 4.78 is 39.1. The lowest BCUT2D eigenvalue weighted by atomic mass is 10.0. The first kappa shape index (κ1) is 23.1. The number of benzene rings is 3. The first-order chi connectivity index (χ1) is 16.8. The lowest BCUT2D eigenvalue weighted by molar-refractivity contribution is -0.102. The molecule has 0 saturated carbocycles. The van der Waals surface area contributed by atoms with E-state index >= 15 is 0 Å². The summed E-state index contributed by atoms with van der Waals surface area (Å²) in [6, 6.07) is 20.6. The fourth-order valence-electron chi connectivity index (χ4n) is 4.25. The highest BCUT2D eigenvalue weighted by Gasteiger charge is 2.20. The summed E-state index contributed by atoms with van der Waals surface area (Å²) in [5.74, 6) is -0.297. The summed E-state index contributed by atoms with van der Waals surface area (Å²) in [5.41, 5.74) is 5.34. The van der Waals surface area contributed by atoms with Crippen molar-refractivity contribution >= 4 is 27.2 Å². The number of piperazine rings is 1. The molecule has 0 spiro atoms. The maximum Gasteiger partial charge on any atom is 0.432 e. The summed E-state index contributed by atoms with van der Waals surface area (Å²) in [6.07, 6.45) is 0. The zero-order chi connectivity index (χ0) is 24.4. The van der Waals surface area contributed by atoms with Gasteiger partial charge in [0.1, 0.15) is 0 Å². The number of nitrogens with one attached hydrogen (secondary N) is 1. The molecule has 11 heteroatoms. The van der Waals surface area contributed by atoms with E-state index in [2.05, 4.69) is 36.1 Å². The molecule has 0 amide bonds. The number of hydrogen-bond acceptors (Lipinski definition) is 8. The maximum atomic E-state index is 11.6. The van der Waals surface area contributed by atoms with Crippen LogP contribution in [0, 0.1) is 0 Å². The molecule has 2 heterocycles. The largest absolute Gasteiger partial charge is 0.432 e. The lowest BCUT2D eigenvalue weighted by Gasteiger charge is -2.36. The van der Waals surface area contributed by atoms with Gasteiger partial charge in [-0.25, -0.2) is 4.79 Å². The van der Waals surface area contributed by atoms with E-state index in [0.717, 1.165) is 49.5 Å². The molecule has 3 aromatic carbocycles. The molecule has 4 aromatic rings. The number of nitrogens with zero attached hydrogens (tertiary/aromatic N) is 2. The minimum absolute atomic E-state index is 0.148. The predicted molar refractivity (Wildman–Crippen MR) is 129 cm³/mol. The van der Waals surface area contributed by atoms with Crippen molar-refractivity contribution in [2.24, 2.45) is 0 Å². The van der Waals surface area contributed by atoms with Crippen LogP contribution in [-0.2, 0) is 21.3 Å². The van der Waals surface area contributed by atoms with Crippen molar-refractivity contribution in [1.29, 1.82) is 0 Å². The molecule has 182 valence electrons. The molecule has 0 aliphatic carbocycles. The SMILES string of the molecule is O=c1[nH]c2cccc(N3CCN(Cc4cccc(-c5ccc(OOS(=O)(=O)O)cc5)c4)CC3)c2o1. The zero-order valence-corrected chi connectivity index (χ0v) is 19.4. The Hall–Kier alpha value is -3.64. The van der Waals surface area contributed by atoms with Gasteiger partial charge >= 0.3 is 16.2 Å². The summed E-state index contributed by atoms with van der Waals surface area (Å²) in [6.45, 7) is 4.18. The first-order valence-corrected chi connectivity index (χ1v) is 12.3. The molecule has 0 unspecified atom stereocenters. The second-order valence-electron chi connectivity index (χ2n) is 8.24. The molecule has 2 N–H and O–H groups in total. The molecule has 1 aliphatic rings. The minimum atomic E-state index is -4.68. The standard InChI is InChI=1S/C24H23N3O7S/c28-24-25-21-5-2-6-22(23(21)32-24)27-13-11-26(12-14-27)16-17-3-1-4-19(15-17)18-7-9-20(10-8-18)33-34-35(29,30)31/h1-10,15H,11-14,16H2,(H,25,28)(H,29,30,31). The van der Waals surface area contributed by atoms with Crippen LogP contribution in [0.15, 0.2) is 75.9 Å². The van der Waals surface area contributed by atoms with E-state index in [9.17, 15) is 13.2 Å². The molecule has 0 radical (unpaired) electrons. The highest BCUT2D eigenvalue weighted by Crippen LogP contribution is 2.27. The highest BCUT2D eigenvalue weighted by molar-refractivity contribution is 7.80. The van der Waals surface area contributed by atoms with Gasteiger partial charge in [-0.05, 0) is 51.4 Å². The van der Waals surface area contributed by atoms with E-state index < -0.39 is 16.2 Å². The number of aromatic amines is 1. The summed E-state index contributed by atoms with van der Waals surface area (Å²) >= 11 is 0. The van der Waals surface area contributed by atoms with E-state index in [0.29, 0.717) is 11.1 Å². The number of fused-ring (bicyclic) bond motifs is 1. The van der Waals surface area contributed by atoms with Crippen molar-refractivity contribution in [2.75, 3.05) is 31.1 Å². The fraction of sp³-hybridized carbons (Fsp3) is 0.208. The normalized spacial score (nSPS) is 14.9. The molecular weight excluding hydrogens is 474 g/mol. The fourth-order valence-corrected chi connectivity index (χ4v) is 4.41. The molecule has 0 bridgehead atoms. The van der Waals surface area contributed by atoms with Crippen LogP contribution in [-0.4, -0.2) is 49.0 Å². The van der Waals surface area contributed by atoms with Gasteiger partial charge in [-0.15, -0.1) is 0 Å². The van der Waals surface area contributed by atoms with Crippen molar-refractivity contribution in [3.63, 3.8) is 0 Å². The number of para-hydroxylation sites is 1. The van der Waals surface area contributed by atoms with E-state index in [1.165, 1.54) is 5.56 Å². The molecule has 5 rings (SSSR count). The van der Waals surface area contributed by atoms with Gasteiger partial charge in [0.05, 0.1) is 11.2 Å². The predicted octanol–water partition coefficient (Wildman–Crippen LogP) is 3.22. The average Bonchev–Trinajstić information content (AvgIpc) is 3.24. The monoisotopic (exact) mass is 497 g/mol. The second kappa shape index (κ2) is 9.55. The number of hydrogen-bond donors (Lipinski definition) is 2. The molecule has 0 atom stereocenters. The topological polar surface area (TPSA) is 125 Å². The Kier molecular flexibility index (Phi) is 6.31. The first-order valence-electron chi connectivity index (χ1n) is 11.0. The van der Waals surface area contributed by atoms with Crippen LogP contribution in [0.1, 0.15) is 5.56 Å².